The molecule has 2 aromatic rings. The fraction of sp³-hybridized carbons (Fsp3) is 0.0769. The van der Waals surface area contributed by atoms with Crippen molar-refractivity contribution in [2.24, 2.45) is 0 Å². The van der Waals surface area contributed by atoms with E-state index in [0.29, 0.717) is 0 Å². The number of rotatable bonds is 3. The Bertz CT molecular complexity index is 587. The molecule has 0 bridgehead atoms. The molecule has 0 aliphatic rings. The molecule has 0 saturated carbocycles. The van der Waals surface area contributed by atoms with Crippen molar-refractivity contribution in [1.29, 1.82) is 5.26 Å². The third-order valence-electron chi connectivity index (χ3n) is 2.38. The fourth-order valence-corrected chi connectivity index (χ4v) is 2.04. The molecule has 0 N–H and O–H groups in total. The van der Waals surface area contributed by atoms with Gasteiger partial charge in [0.1, 0.15) is 0 Å². The minimum Gasteiger partial charge on any atom is -0.459 e. The van der Waals surface area contributed by atoms with E-state index in [9.17, 15) is 4.79 Å². The lowest BCUT2D eigenvalue weighted by molar-refractivity contribution is 0.0793. The number of furan rings is 1. The van der Waals surface area contributed by atoms with E-state index >= 15 is 0 Å². The number of amides is 1. The highest BCUT2D eigenvalue weighted by Gasteiger charge is 2.18. The molecule has 0 saturated heterocycles. The molecule has 2 rings (SSSR count). The van der Waals surface area contributed by atoms with Crippen LogP contribution in [-0.2, 0) is 6.54 Å². The lowest BCUT2D eigenvalue weighted by Gasteiger charge is -2.13. The van der Waals surface area contributed by atoms with E-state index in [0.717, 1.165) is 14.0 Å². The van der Waals surface area contributed by atoms with Gasteiger partial charge in [0.15, 0.2) is 12.0 Å². The molecule has 1 amide bonds. The standard InChI is InChI=1S/C13H9IN2O2/c14-11-5-2-1-4-10(11)8-16(9-15)13(17)12-6-3-7-18-12/h1-7H,8H2. The van der Waals surface area contributed by atoms with Crippen LogP contribution >= 0.6 is 22.6 Å². The van der Waals surface area contributed by atoms with Crippen molar-refractivity contribution in [3.05, 3.63) is 57.6 Å². The van der Waals surface area contributed by atoms with Crippen LogP contribution in [0.25, 0.3) is 0 Å². The maximum atomic E-state index is 12.0. The number of nitriles is 1. The molecule has 0 radical (unpaired) electrons. The Morgan fingerprint density at radius 3 is 2.72 bits per heavy atom. The average molecular weight is 352 g/mol. The highest BCUT2D eigenvalue weighted by atomic mass is 127. The lowest BCUT2D eigenvalue weighted by atomic mass is 10.2. The van der Waals surface area contributed by atoms with Gasteiger partial charge in [0.2, 0.25) is 0 Å². The molecule has 0 spiro atoms. The van der Waals surface area contributed by atoms with E-state index in [2.05, 4.69) is 22.6 Å². The van der Waals surface area contributed by atoms with Crippen molar-refractivity contribution in [3.8, 4) is 6.19 Å². The number of halogens is 1. The van der Waals surface area contributed by atoms with Gasteiger partial charge < -0.3 is 4.42 Å². The number of nitrogens with zero attached hydrogens (tertiary/aromatic N) is 2. The van der Waals surface area contributed by atoms with Crippen LogP contribution in [0.3, 0.4) is 0 Å². The molecule has 0 fully saturated rings. The van der Waals surface area contributed by atoms with Crippen LogP contribution in [-0.4, -0.2) is 10.8 Å². The summed E-state index contributed by atoms with van der Waals surface area (Å²) in [6, 6.07) is 10.8. The maximum Gasteiger partial charge on any atom is 0.302 e. The van der Waals surface area contributed by atoms with Crippen LogP contribution < -0.4 is 0 Å². The topological polar surface area (TPSA) is 57.2 Å². The Labute approximate surface area is 118 Å². The molecular formula is C13H9IN2O2. The predicted octanol–water partition coefficient (Wildman–Crippen LogP) is 3.01. The summed E-state index contributed by atoms with van der Waals surface area (Å²) in [4.78, 5) is 13.0. The molecule has 4 nitrogen and oxygen atoms in total. The first-order valence-corrected chi connectivity index (χ1v) is 6.28. The summed E-state index contributed by atoms with van der Waals surface area (Å²) in [7, 11) is 0. The van der Waals surface area contributed by atoms with E-state index < -0.39 is 5.91 Å². The Morgan fingerprint density at radius 1 is 1.33 bits per heavy atom. The van der Waals surface area contributed by atoms with Crippen LogP contribution in [0.1, 0.15) is 16.1 Å². The smallest absolute Gasteiger partial charge is 0.302 e. The Kier molecular flexibility index (Phi) is 3.99. The Balaban J connectivity index is 2.19. The number of carbonyl (C=O) groups is 1. The molecule has 90 valence electrons. The van der Waals surface area contributed by atoms with Gasteiger partial charge >= 0.3 is 5.91 Å². The summed E-state index contributed by atoms with van der Waals surface area (Å²) < 4.78 is 6.02. The molecule has 0 atom stereocenters. The highest BCUT2D eigenvalue weighted by molar-refractivity contribution is 14.1. The Hall–Kier alpha value is -1.81. The van der Waals surface area contributed by atoms with E-state index in [1.807, 2.05) is 30.5 Å². The van der Waals surface area contributed by atoms with Gasteiger partial charge in [-0.25, -0.2) is 4.90 Å². The first-order chi connectivity index (χ1) is 8.72. The number of hydrogen-bond donors (Lipinski definition) is 0. The van der Waals surface area contributed by atoms with Gasteiger partial charge in [0.05, 0.1) is 12.8 Å². The molecule has 1 aromatic heterocycles. The van der Waals surface area contributed by atoms with Crippen molar-refractivity contribution >= 4 is 28.5 Å². The van der Waals surface area contributed by atoms with Crippen molar-refractivity contribution in [2.75, 3.05) is 0 Å². The summed E-state index contributed by atoms with van der Waals surface area (Å²) in [5.74, 6) is -0.260. The molecule has 0 aliphatic heterocycles. The van der Waals surface area contributed by atoms with Crippen molar-refractivity contribution in [3.63, 3.8) is 0 Å². The van der Waals surface area contributed by atoms with Crippen molar-refractivity contribution < 1.29 is 9.21 Å². The molecule has 5 heteroatoms. The molecule has 0 aliphatic carbocycles. The largest absolute Gasteiger partial charge is 0.459 e. The quantitative estimate of drug-likeness (QED) is 0.485. The zero-order valence-electron chi connectivity index (χ0n) is 9.34. The zero-order chi connectivity index (χ0) is 13.0. The zero-order valence-corrected chi connectivity index (χ0v) is 11.5. The van der Waals surface area contributed by atoms with Gasteiger partial charge in [-0.1, -0.05) is 18.2 Å². The molecule has 1 aromatic carbocycles. The summed E-state index contributed by atoms with van der Waals surface area (Å²) in [5.41, 5.74) is 0.930. The third kappa shape index (κ3) is 2.71. The summed E-state index contributed by atoms with van der Waals surface area (Å²) in [6.45, 7) is 0.245. The lowest BCUT2D eigenvalue weighted by Crippen LogP contribution is -2.25. The van der Waals surface area contributed by atoms with Crippen molar-refractivity contribution in [2.45, 2.75) is 6.54 Å². The highest BCUT2D eigenvalue weighted by Crippen LogP contribution is 2.15. The number of carbonyl (C=O) groups excluding carboxylic acids is 1. The van der Waals surface area contributed by atoms with Gasteiger partial charge in [0.25, 0.3) is 0 Å². The second-order valence-corrected chi connectivity index (χ2v) is 4.72. The second-order valence-electron chi connectivity index (χ2n) is 3.56. The predicted molar refractivity (Wildman–Crippen MR) is 73.4 cm³/mol. The van der Waals surface area contributed by atoms with E-state index in [1.165, 1.54) is 6.26 Å². The summed E-state index contributed by atoms with van der Waals surface area (Å²) >= 11 is 2.18. The Morgan fingerprint density at radius 2 is 2.11 bits per heavy atom. The van der Waals surface area contributed by atoms with Gasteiger partial charge in [-0.2, -0.15) is 5.26 Å². The van der Waals surface area contributed by atoms with Gasteiger partial charge in [0, 0.05) is 3.57 Å². The van der Waals surface area contributed by atoms with Gasteiger partial charge in [-0.05, 0) is 46.4 Å². The third-order valence-corrected chi connectivity index (χ3v) is 3.44. The van der Waals surface area contributed by atoms with Gasteiger partial charge in [-0.3, -0.25) is 4.79 Å². The summed E-state index contributed by atoms with van der Waals surface area (Å²) in [5, 5.41) is 9.06. The SMILES string of the molecule is N#CN(Cc1ccccc1I)C(=O)c1ccco1. The molecule has 1 heterocycles. The first kappa shape index (κ1) is 12.6. The second kappa shape index (κ2) is 5.69. The average Bonchev–Trinajstić information content (AvgIpc) is 2.91. The van der Waals surface area contributed by atoms with Crippen LogP contribution in [0.4, 0.5) is 0 Å². The fourth-order valence-electron chi connectivity index (χ4n) is 1.48. The number of benzene rings is 1. The van der Waals surface area contributed by atoms with Crippen LogP contribution in [0.5, 0.6) is 0 Å². The van der Waals surface area contributed by atoms with Crippen LogP contribution in [0.2, 0.25) is 0 Å². The minimum atomic E-state index is -0.429. The first-order valence-electron chi connectivity index (χ1n) is 5.21. The van der Waals surface area contributed by atoms with Gasteiger partial charge in [-0.15, -0.1) is 0 Å². The van der Waals surface area contributed by atoms with Crippen molar-refractivity contribution in [1.82, 2.24) is 4.90 Å². The monoisotopic (exact) mass is 352 g/mol. The molecule has 0 unspecified atom stereocenters. The van der Waals surface area contributed by atoms with Crippen LogP contribution in [0.15, 0.2) is 47.1 Å². The minimum absolute atomic E-state index is 0.169. The number of hydrogen-bond acceptors (Lipinski definition) is 3. The van der Waals surface area contributed by atoms with E-state index in [-0.39, 0.29) is 12.3 Å². The molecule has 18 heavy (non-hydrogen) atoms. The molecular weight excluding hydrogens is 343 g/mol. The maximum absolute atomic E-state index is 12.0. The summed E-state index contributed by atoms with van der Waals surface area (Å²) in [6.07, 6.45) is 3.30. The van der Waals surface area contributed by atoms with E-state index in [4.69, 9.17) is 9.68 Å². The van der Waals surface area contributed by atoms with Crippen LogP contribution in [0, 0.1) is 15.0 Å². The van der Waals surface area contributed by atoms with E-state index in [1.54, 1.807) is 12.1 Å². The normalized spacial score (nSPS) is 9.78.